The van der Waals surface area contributed by atoms with E-state index in [2.05, 4.69) is 4.98 Å². The summed E-state index contributed by atoms with van der Waals surface area (Å²) in [7, 11) is 0.0161. The number of halogens is 1. The molecular weight excluding hydrogens is 436 g/mol. The van der Waals surface area contributed by atoms with Crippen LogP contribution in [0.1, 0.15) is 42.5 Å². The molecule has 30 heavy (non-hydrogen) atoms. The third-order valence-corrected chi connectivity index (χ3v) is 6.66. The van der Waals surface area contributed by atoms with Crippen LogP contribution in [-0.4, -0.2) is 63.2 Å². The molecule has 162 valence electrons. The number of ether oxygens (including phenoxy) is 2. The van der Waals surface area contributed by atoms with E-state index in [4.69, 9.17) is 21.1 Å². The molecule has 0 fully saturated rings. The maximum absolute atomic E-state index is 12.5. The Morgan fingerprint density at radius 2 is 1.77 bits per heavy atom. The molecular formula is C19H21ClN2O7S. The van der Waals surface area contributed by atoms with Crippen LogP contribution in [0.3, 0.4) is 0 Å². The molecule has 1 heterocycles. The van der Waals surface area contributed by atoms with Gasteiger partial charge in [0.2, 0.25) is 15.8 Å². The second kappa shape index (κ2) is 8.99. The highest BCUT2D eigenvalue weighted by molar-refractivity contribution is 7.89. The summed E-state index contributed by atoms with van der Waals surface area (Å²) in [6.07, 6.45) is 0. The first kappa shape index (κ1) is 23.6. The Morgan fingerprint density at radius 3 is 2.33 bits per heavy atom. The zero-order valence-electron chi connectivity index (χ0n) is 17.0. The number of rotatable bonds is 7. The Kier molecular flexibility index (Phi) is 7.06. The van der Waals surface area contributed by atoms with E-state index in [1.54, 1.807) is 13.8 Å². The van der Waals surface area contributed by atoms with Crippen LogP contribution in [0.15, 0.2) is 23.1 Å². The van der Waals surface area contributed by atoms with Crippen LogP contribution in [0.2, 0.25) is 5.02 Å². The number of nitrogens with one attached hydrogen (secondary N) is 1. The van der Waals surface area contributed by atoms with Crippen molar-refractivity contribution in [3.63, 3.8) is 0 Å². The standard InChI is InChI=1S/C19H21ClN2O7S/c1-10-16(19(25)28-5)11(2)21-17(10)14(23)9-29-18(24)12-6-7-13(20)15(8-12)30(26,27)22(3)4/h6-8,21H,9H2,1-5H3. The third-order valence-electron chi connectivity index (χ3n) is 4.37. The van der Waals surface area contributed by atoms with Crippen molar-refractivity contribution in [2.45, 2.75) is 18.7 Å². The second-order valence-corrected chi connectivity index (χ2v) is 9.08. The number of carbonyl (C=O) groups is 3. The summed E-state index contributed by atoms with van der Waals surface area (Å²) >= 11 is 5.96. The van der Waals surface area contributed by atoms with Crippen molar-refractivity contribution in [2.24, 2.45) is 0 Å². The van der Waals surface area contributed by atoms with Crippen molar-refractivity contribution in [2.75, 3.05) is 27.8 Å². The van der Waals surface area contributed by atoms with Crippen molar-refractivity contribution in [3.8, 4) is 0 Å². The maximum Gasteiger partial charge on any atom is 0.339 e. The molecule has 0 saturated carbocycles. The molecule has 1 aromatic heterocycles. The molecule has 11 heteroatoms. The molecule has 0 bridgehead atoms. The molecule has 2 aromatic rings. The summed E-state index contributed by atoms with van der Waals surface area (Å²) < 4.78 is 35.3. The summed E-state index contributed by atoms with van der Waals surface area (Å²) in [5, 5.41) is -0.0517. The zero-order chi connectivity index (χ0) is 22.8. The Balaban J connectivity index is 2.21. The number of hydrogen-bond donors (Lipinski definition) is 1. The molecule has 0 aliphatic carbocycles. The molecule has 1 N–H and O–H groups in total. The average Bonchev–Trinajstić information content (AvgIpc) is 2.99. The van der Waals surface area contributed by atoms with Crippen molar-refractivity contribution in [1.82, 2.24) is 9.29 Å². The van der Waals surface area contributed by atoms with Crippen LogP contribution in [-0.2, 0) is 19.5 Å². The number of aryl methyl sites for hydroxylation is 1. The van der Waals surface area contributed by atoms with Gasteiger partial charge in [0.05, 0.1) is 29.0 Å². The van der Waals surface area contributed by atoms with Crippen LogP contribution < -0.4 is 0 Å². The number of carbonyl (C=O) groups excluding carboxylic acids is 3. The molecule has 0 unspecified atom stereocenters. The fourth-order valence-corrected chi connectivity index (χ4v) is 4.14. The van der Waals surface area contributed by atoms with E-state index in [9.17, 15) is 22.8 Å². The zero-order valence-corrected chi connectivity index (χ0v) is 18.6. The molecule has 0 amide bonds. The Labute approximate surface area is 179 Å². The average molecular weight is 457 g/mol. The number of benzene rings is 1. The molecule has 2 rings (SSSR count). The van der Waals surface area contributed by atoms with Crippen LogP contribution in [0.5, 0.6) is 0 Å². The van der Waals surface area contributed by atoms with E-state index in [-0.39, 0.29) is 26.7 Å². The van der Waals surface area contributed by atoms with Gasteiger partial charge in [-0.1, -0.05) is 11.6 Å². The number of ketones is 1. The van der Waals surface area contributed by atoms with Crippen LogP contribution in [0.4, 0.5) is 0 Å². The second-order valence-electron chi connectivity index (χ2n) is 6.55. The van der Waals surface area contributed by atoms with Gasteiger partial charge in [-0.05, 0) is 37.6 Å². The first-order valence-electron chi connectivity index (χ1n) is 8.61. The highest BCUT2D eigenvalue weighted by atomic mass is 35.5. The molecule has 0 aliphatic heterocycles. The first-order valence-corrected chi connectivity index (χ1v) is 10.4. The fraction of sp³-hybridized carbons (Fsp3) is 0.316. The molecule has 0 radical (unpaired) electrons. The maximum atomic E-state index is 12.5. The van der Waals surface area contributed by atoms with Crippen LogP contribution >= 0.6 is 11.6 Å². The number of esters is 2. The van der Waals surface area contributed by atoms with E-state index in [1.165, 1.54) is 33.3 Å². The minimum atomic E-state index is -3.88. The van der Waals surface area contributed by atoms with Gasteiger partial charge >= 0.3 is 11.9 Å². The number of Topliss-reactive ketones (excluding diaryl/α,β-unsaturated/α-hetero) is 1. The Bertz CT molecular complexity index is 1120. The first-order chi connectivity index (χ1) is 13.9. The monoisotopic (exact) mass is 456 g/mol. The lowest BCUT2D eigenvalue weighted by Crippen LogP contribution is -2.23. The number of aromatic amines is 1. The smallest absolute Gasteiger partial charge is 0.339 e. The SMILES string of the molecule is COC(=O)c1c(C)[nH]c(C(=O)COC(=O)c2ccc(Cl)c(S(=O)(=O)N(C)C)c2)c1C. The summed E-state index contributed by atoms with van der Waals surface area (Å²) in [5.74, 6) is -2.05. The molecule has 0 spiro atoms. The lowest BCUT2D eigenvalue weighted by molar-refractivity contribution is 0.0472. The minimum Gasteiger partial charge on any atom is -0.465 e. The van der Waals surface area contributed by atoms with Gasteiger partial charge in [0, 0.05) is 19.8 Å². The van der Waals surface area contributed by atoms with E-state index in [0.29, 0.717) is 11.3 Å². The largest absolute Gasteiger partial charge is 0.465 e. The van der Waals surface area contributed by atoms with Crippen molar-refractivity contribution >= 4 is 39.3 Å². The number of methoxy groups -OCH3 is 1. The lowest BCUT2D eigenvalue weighted by Gasteiger charge is -2.13. The van der Waals surface area contributed by atoms with Crippen LogP contribution in [0, 0.1) is 13.8 Å². The minimum absolute atomic E-state index is 0.0517. The van der Waals surface area contributed by atoms with Gasteiger partial charge in [-0.3, -0.25) is 4.79 Å². The van der Waals surface area contributed by atoms with Crippen LogP contribution in [0.25, 0.3) is 0 Å². The van der Waals surface area contributed by atoms with Gasteiger partial charge in [-0.15, -0.1) is 0 Å². The lowest BCUT2D eigenvalue weighted by atomic mass is 10.1. The number of H-pyrrole nitrogens is 1. The number of sulfonamides is 1. The summed E-state index contributed by atoms with van der Waals surface area (Å²) in [4.78, 5) is 39.2. The van der Waals surface area contributed by atoms with Crippen molar-refractivity contribution < 1.29 is 32.3 Å². The molecule has 0 saturated heterocycles. The van der Waals surface area contributed by atoms with E-state index in [1.807, 2.05) is 0 Å². The molecule has 1 aromatic carbocycles. The predicted molar refractivity (Wildman–Crippen MR) is 109 cm³/mol. The number of aromatic nitrogens is 1. The van der Waals surface area contributed by atoms with Gasteiger partial charge < -0.3 is 14.5 Å². The third kappa shape index (κ3) is 4.55. The Hall–Kier alpha value is -2.69. The summed E-state index contributed by atoms with van der Waals surface area (Å²) in [5.41, 5.74) is 1.11. The van der Waals surface area contributed by atoms with E-state index < -0.39 is 34.4 Å². The highest BCUT2D eigenvalue weighted by Crippen LogP contribution is 2.25. The van der Waals surface area contributed by atoms with Gasteiger partial charge in [-0.2, -0.15) is 0 Å². The molecule has 9 nitrogen and oxygen atoms in total. The van der Waals surface area contributed by atoms with Gasteiger partial charge in [0.1, 0.15) is 4.90 Å². The van der Waals surface area contributed by atoms with E-state index >= 15 is 0 Å². The van der Waals surface area contributed by atoms with Gasteiger partial charge in [0.25, 0.3) is 0 Å². The normalized spacial score (nSPS) is 11.4. The summed E-state index contributed by atoms with van der Waals surface area (Å²) in [6.45, 7) is 2.57. The highest BCUT2D eigenvalue weighted by Gasteiger charge is 2.25. The molecule has 0 aliphatic rings. The van der Waals surface area contributed by atoms with Gasteiger partial charge in [0.15, 0.2) is 6.61 Å². The molecule has 0 atom stereocenters. The number of nitrogens with zero attached hydrogens (tertiary/aromatic N) is 1. The van der Waals surface area contributed by atoms with Gasteiger partial charge in [-0.25, -0.2) is 22.3 Å². The van der Waals surface area contributed by atoms with Crippen molar-refractivity contribution in [1.29, 1.82) is 0 Å². The van der Waals surface area contributed by atoms with E-state index in [0.717, 1.165) is 10.4 Å². The Morgan fingerprint density at radius 1 is 1.13 bits per heavy atom. The summed E-state index contributed by atoms with van der Waals surface area (Å²) in [6, 6.07) is 3.64. The quantitative estimate of drug-likeness (QED) is 0.501. The topological polar surface area (TPSA) is 123 Å². The number of hydrogen-bond acceptors (Lipinski definition) is 7. The fourth-order valence-electron chi connectivity index (χ4n) is 2.75. The van der Waals surface area contributed by atoms with Crippen molar-refractivity contribution in [3.05, 3.63) is 51.3 Å². The predicted octanol–water partition coefficient (Wildman–Crippen LogP) is 2.36.